The quantitative estimate of drug-likeness (QED) is 0.225. The van der Waals surface area contributed by atoms with Gasteiger partial charge in [-0.25, -0.2) is 9.97 Å². The Morgan fingerprint density at radius 3 is 2.39 bits per heavy atom. The van der Waals surface area contributed by atoms with E-state index in [0.29, 0.717) is 17.1 Å². The number of para-hydroxylation sites is 2. The Morgan fingerprint density at radius 1 is 0.816 bits per heavy atom. The van der Waals surface area contributed by atoms with Crippen LogP contribution in [0.15, 0.2) is 108 Å². The minimum Gasteiger partial charge on any atom is -0.455 e. The molecule has 0 aliphatic carbocycles. The highest BCUT2D eigenvalue weighted by Gasteiger charge is 2.13. The summed E-state index contributed by atoms with van der Waals surface area (Å²) in [5.41, 5.74) is 6.60. The van der Waals surface area contributed by atoms with Crippen LogP contribution in [0.5, 0.6) is 0 Å². The molecule has 0 spiro atoms. The van der Waals surface area contributed by atoms with E-state index >= 15 is 0 Å². The molecule has 4 aromatic carbocycles. The highest BCUT2D eigenvalue weighted by molar-refractivity contribution is 6.09. The number of rotatable bonds is 7. The summed E-state index contributed by atoms with van der Waals surface area (Å²) in [6, 6.07) is 31.0. The number of amides is 1. The maximum atomic E-state index is 12.6. The SMILES string of the molecule is CNCc1ccc(C(=O)Nc2ccc(Nc3cc(-c4cccc5c4oc4ccccc45)ncn3)cc2)cc1. The van der Waals surface area contributed by atoms with Crippen LogP contribution in [-0.4, -0.2) is 22.9 Å². The molecule has 3 N–H and O–H groups in total. The van der Waals surface area contributed by atoms with E-state index in [9.17, 15) is 4.79 Å². The van der Waals surface area contributed by atoms with Gasteiger partial charge in [0.05, 0.1) is 5.69 Å². The lowest BCUT2D eigenvalue weighted by Crippen LogP contribution is -2.12. The molecule has 0 radical (unpaired) electrons. The molecular weight excluding hydrogens is 474 g/mol. The standard InChI is InChI=1S/C31H25N5O2/c1-32-18-20-9-11-21(12-10-20)31(37)36-23-15-13-22(14-16-23)35-29-17-27(33-19-34-29)26-7-4-6-25-24-5-2-3-8-28(24)38-30(25)26/h2-17,19,32H,18H2,1H3,(H,36,37)(H,33,34,35). The van der Waals surface area contributed by atoms with Gasteiger partial charge in [-0.05, 0) is 61.1 Å². The average Bonchev–Trinajstić information content (AvgIpc) is 3.34. The molecule has 0 bridgehead atoms. The Balaban J connectivity index is 1.18. The predicted molar refractivity (Wildman–Crippen MR) is 152 cm³/mol. The van der Waals surface area contributed by atoms with Crippen LogP contribution in [0.2, 0.25) is 0 Å². The van der Waals surface area contributed by atoms with Crippen molar-refractivity contribution >= 4 is 45.0 Å². The second-order valence-electron chi connectivity index (χ2n) is 8.95. The fraction of sp³-hybridized carbons (Fsp3) is 0.0645. The van der Waals surface area contributed by atoms with Gasteiger partial charge in [0, 0.05) is 45.9 Å². The number of anilines is 3. The van der Waals surface area contributed by atoms with Crippen LogP contribution >= 0.6 is 0 Å². The molecule has 2 aromatic heterocycles. The first-order chi connectivity index (χ1) is 18.7. The van der Waals surface area contributed by atoms with E-state index in [-0.39, 0.29) is 5.91 Å². The Labute approximate surface area is 219 Å². The first-order valence-electron chi connectivity index (χ1n) is 12.3. The van der Waals surface area contributed by atoms with Gasteiger partial charge in [0.25, 0.3) is 5.91 Å². The number of aromatic nitrogens is 2. The summed E-state index contributed by atoms with van der Waals surface area (Å²) in [6.45, 7) is 0.764. The number of nitrogens with one attached hydrogen (secondary N) is 3. The third-order valence-corrected chi connectivity index (χ3v) is 6.36. The van der Waals surface area contributed by atoms with Gasteiger partial charge in [0.2, 0.25) is 0 Å². The monoisotopic (exact) mass is 499 g/mol. The summed E-state index contributed by atoms with van der Waals surface area (Å²) in [5.74, 6) is 0.503. The van der Waals surface area contributed by atoms with Crippen LogP contribution in [0.25, 0.3) is 33.2 Å². The molecule has 0 unspecified atom stereocenters. The first-order valence-corrected chi connectivity index (χ1v) is 12.3. The summed E-state index contributed by atoms with van der Waals surface area (Å²) in [7, 11) is 1.89. The number of hydrogen-bond acceptors (Lipinski definition) is 6. The predicted octanol–water partition coefficient (Wildman–Crippen LogP) is 6.76. The number of fused-ring (bicyclic) bond motifs is 3. The van der Waals surface area contributed by atoms with Gasteiger partial charge in [0.15, 0.2) is 0 Å². The Morgan fingerprint density at radius 2 is 1.58 bits per heavy atom. The molecule has 0 saturated carbocycles. The van der Waals surface area contributed by atoms with Crippen LogP contribution in [-0.2, 0) is 6.54 Å². The molecule has 2 heterocycles. The summed E-state index contributed by atoms with van der Waals surface area (Å²) in [6.07, 6.45) is 1.54. The number of furan rings is 1. The molecule has 186 valence electrons. The van der Waals surface area contributed by atoms with Crippen LogP contribution < -0.4 is 16.0 Å². The molecule has 0 atom stereocenters. The van der Waals surface area contributed by atoms with Gasteiger partial charge in [-0.1, -0.05) is 42.5 Å². The van der Waals surface area contributed by atoms with Crippen LogP contribution in [0.1, 0.15) is 15.9 Å². The molecule has 6 aromatic rings. The summed E-state index contributed by atoms with van der Waals surface area (Å²) in [4.78, 5) is 21.5. The topological polar surface area (TPSA) is 92.1 Å². The van der Waals surface area contributed by atoms with Gasteiger partial charge in [-0.3, -0.25) is 4.79 Å². The molecule has 7 heteroatoms. The fourth-order valence-corrected chi connectivity index (χ4v) is 4.49. The summed E-state index contributed by atoms with van der Waals surface area (Å²) < 4.78 is 6.17. The van der Waals surface area contributed by atoms with E-state index < -0.39 is 0 Å². The maximum Gasteiger partial charge on any atom is 0.255 e. The van der Waals surface area contributed by atoms with Crippen molar-refractivity contribution in [3.8, 4) is 11.3 Å². The van der Waals surface area contributed by atoms with E-state index in [0.717, 1.165) is 51.0 Å². The normalized spacial score (nSPS) is 11.1. The summed E-state index contributed by atoms with van der Waals surface area (Å²) >= 11 is 0. The number of hydrogen-bond donors (Lipinski definition) is 3. The van der Waals surface area contributed by atoms with E-state index in [2.05, 4.69) is 38.1 Å². The maximum absolute atomic E-state index is 12.6. The average molecular weight is 500 g/mol. The highest BCUT2D eigenvalue weighted by Crippen LogP contribution is 2.35. The summed E-state index contributed by atoms with van der Waals surface area (Å²) in [5, 5.41) is 11.5. The highest BCUT2D eigenvalue weighted by atomic mass is 16.3. The number of benzene rings is 4. The minimum atomic E-state index is -0.151. The van der Waals surface area contributed by atoms with Crippen molar-refractivity contribution in [2.45, 2.75) is 6.54 Å². The molecule has 6 rings (SSSR count). The van der Waals surface area contributed by atoms with Gasteiger partial charge < -0.3 is 20.4 Å². The molecule has 7 nitrogen and oxygen atoms in total. The minimum absolute atomic E-state index is 0.151. The van der Waals surface area contributed by atoms with Gasteiger partial charge in [-0.2, -0.15) is 0 Å². The molecule has 1 amide bonds. The number of carbonyl (C=O) groups excluding carboxylic acids is 1. The Hall–Kier alpha value is -5.01. The second kappa shape index (κ2) is 10.2. The zero-order chi connectivity index (χ0) is 25.9. The molecule has 0 fully saturated rings. The van der Waals surface area contributed by atoms with Crippen molar-refractivity contribution in [2.75, 3.05) is 17.7 Å². The van der Waals surface area contributed by atoms with Gasteiger partial charge in [-0.15, -0.1) is 0 Å². The van der Waals surface area contributed by atoms with Crippen molar-refractivity contribution in [1.82, 2.24) is 15.3 Å². The van der Waals surface area contributed by atoms with E-state index in [1.54, 1.807) is 0 Å². The van der Waals surface area contributed by atoms with Crippen molar-refractivity contribution in [3.63, 3.8) is 0 Å². The Kier molecular flexibility index (Phi) is 6.25. The lowest BCUT2D eigenvalue weighted by molar-refractivity contribution is 0.102. The van der Waals surface area contributed by atoms with Crippen LogP contribution in [0, 0.1) is 0 Å². The Bertz CT molecular complexity index is 1740. The van der Waals surface area contributed by atoms with Crippen molar-refractivity contribution in [2.24, 2.45) is 0 Å². The number of carbonyl (C=O) groups is 1. The lowest BCUT2D eigenvalue weighted by atomic mass is 10.1. The second-order valence-corrected chi connectivity index (χ2v) is 8.95. The van der Waals surface area contributed by atoms with Gasteiger partial charge in [0.1, 0.15) is 23.3 Å². The fourth-order valence-electron chi connectivity index (χ4n) is 4.49. The molecule has 0 aliphatic heterocycles. The smallest absolute Gasteiger partial charge is 0.255 e. The van der Waals surface area contributed by atoms with Crippen LogP contribution in [0.4, 0.5) is 17.2 Å². The van der Waals surface area contributed by atoms with E-state index in [1.807, 2.05) is 92.0 Å². The van der Waals surface area contributed by atoms with Gasteiger partial charge >= 0.3 is 0 Å². The molecule has 0 saturated heterocycles. The van der Waals surface area contributed by atoms with Crippen LogP contribution in [0.3, 0.4) is 0 Å². The van der Waals surface area contributed by atoms with E-state index in [4.69, 9.17) is 4.42 Å². The third kappa shape index (κ3) is 4.70. The third-order valence-electron chi connectivity index (χ3n) is 6.36. The van der Waals surface area contributed by atoms with E-state index in [1.165, 1.54) is 6.33 Å². The largest absolute Gasteiger partial charge is 0.455 e. The van der Waals surface area contributed by atoms with Crippen molar-refractivity contribution < 1.29 is 9.21 Å². The molecular formula is C31H25N5O2. The zero-order valence-corrected chi connectivity index (χ0v) is 20.7. The number of nitrogens with zero attached hydrogens (tertiary/aromatic N) is 2. The van der Waals surface area contributed by atoms with Crippen molar-refractivity contribution in [3.05, 3.63) is 115 Å². The lowest BCUT2D eigenvalue weighted by Gasteiger charge is -2.10. The first kappa shape index (κ1) is 23.4. The molecule has 0 aliphatic rings. The molecule has 38 heavy (non-hydrogen) atoms. The van der Waals surface area contributed by atoms with Crippen molar-refractivity contribution in [1.29, 1.82) is 0 Å². The zero-order valence-electron chi connectivity index (χ0n) is 20.7.